The standard InChI is InChI=1S/C20H12Cl2N4O2/c21-15-5-3-6-16(22)14(15)10-28-17-7-2-1-4-11(17)18-12(8-23)19(25)26-20(27)13(18)9-24/h1-7H,10H2,(H3,25,26,27). The van der Waals surface area contributed by atoms with Crippen molar-refractivity contribution in [1.82, 2.24) is 4.98 Å². The number of ether oxygens (including phenoxy) is 1. The molecule has 0 saturated carbocycles. The number of aromatic amines is 1. The van der Waals surface area contributed by atoms with E-state index in [2.05, 4.69) is 4.98 Å². The number of H-pyrrole nitrogens is 1. The van der Waals surface area contributed by atoms with E-state index in [4.69, 9.17) is 33.7 Å². The Morgan fingerprint density at radius 1 is 1.00 bits per heavy atom. The van der Waals surface area contributed by atoms with Gasteiger partial charge in [0.25, 0.3) is 5.56 Å². The fraction of sp³-hybridized carbons (Fsp3) is 0.0500. The van der Waals surface area contributed by atoms with Gasteiger partial charge in [0, 0.05) is 26.7 Å². The van der Waals surface area contributed by atoms with Gasteiger partial charge in [0.05, 0.1) is 0 Å². The number of nitriles is 2. The van der Waals surface area contributed by atoms with Crippen LogP contribution in [-0.4, -0.2) is 4.98 Å². The lowest BCUT2D eigenvalue weighted by atomic mass is 9.96. The van der Waals surface area contributed by atoms with E-state index in [0.717, 1.165) is 0 Å². The van der Waals surface area contributed by atoms with Gasteiger partial charge >= 0.3 is 0 Å². The topological polar surface area (TPSA) is 116 Å². The minimum Gasteiger partial charge on any atom is -0.488 e. The number of anilines is 1. The maximum absolute atomic E-state index is 12.2. The van der Waals surface area contributed by atoms with E-state index in [0.29, 0.717) is 26.9 Å². The molecule has 0 radical (unpaired) electrons. The molecule has 138 valence electrons. The summed E-state index contributed by atoms with van der Waals surface area (Å²) < 4.78 is 5.88. The zero-order chi connectivity index (χ0) is 20.3. The molecular weight excluding hydrogens is 399 g/mol. The second kappa shape index (κ2) is 8.06. The second-order valence-electron chi connectivity index (χ2n) is 5.70. The van der Waals surface area contributed by atoms with Crippen LogP contribution in [0.15, 0.2) is 47.3 Å². The van der Waals surface area contributed by atoms with E-state index in [9.17, 15) is 15.3 Å². The molecule has 2 aromatic carbocycles. The number of para-hydroxylation sites is 1. The molecule has 0 unspecified atom stereocenters. The van der Waals surface area contributed by atoms with E-state index in [1.807, 2.05) is 12.1 Å². The molecule has 0 saturated heterocycles. The lowest BCUT2D eigenvalue weighted by molar-refractivity contribution is 0.307. The van der Waals surface area contributed by atoms with Gasteiger partial charge in [0.1, 0.15) is 41.4 Å². The molecular formula is C20H12Cl2N4O2. The predicted octanol–water partition coefficient (Wildman–Crippen LogP) is 4.25. The summed E-state index contributed by atoms with van der Waals surface area (Å²) in [6.45, 7) is 0.0535. The van der Waals surface area contributed by atoms with Crippen molar-refractivity contribution in [3.8, 4) is 29.0 Å². The van der Waals surface area contributed by atoms with Crippen LogP contribution in [0.4, 0.5) is 5.82 Å². The molecule has 0 aliphatic carbocycles. The van der Waals surface area contributed by atoms with Crippen LogP contribution in [0.3, 0.4) is 0 Å². The van der Waals surface area contributed by atoms with Gasteiger partial charge in [-0.15, -0.1) is 0 Å². The van der Waals surface area contributed by atoms with Gasteiger partial charge in [-0.25, -0.2) is 0 Å². The largest absolute Gasteiger partial charge is 0.488 e. The van der Waals surface area contributed by atoms with Gasteiger partial charge in [0.2, 0.25) is 0 Å². The number of hydrogen-bond acceptors (Lipinski definition) is 5. The zero-order valence-corrected chi connectivity index (χ0v) is 15.8. The smallest absolute Gasteiger partial charge is 0.268 e. The van der Waals surface area contributed by atoms with Crippen molar-refractivity contribution in [2.24, 2.45) is 0 Å². The number of rotatable bonds is 4. The lowest BCUT2D eigenvalue weighted by Gasteiger charge is -2.15. The van der Waals surface area contributed by atoms with E-state index in [1.165, 1.54) is 0 Å². The Hall–Kier alpha value is -3.45. The number of halogens is 2. The van der Waals surface area contributed by atoms with Crippen LogP contribution >= 0.6 is 23.2 Å². The van der Waals surface area contributed by atoms with Crippen LogP contribution in [0.2, 0.25) is 10.0 Å². The Balaban J connectivity index is 2.14. The van der Waals surface area contributed by atoms with E-state index >= 15 is 0 Å². The van der Waals surface area contributed by atoms with Crippen molar-refractivity contribution < 1.29 is 4.74 Å². The Labute approximate surface area is 170 Å². The first-order chi connectivity index (χ1) is 13.5. The molecule has 0 aliphatic heterocycles. The Kier molecular flexibility index (Phi) is 5.56. The number of nitrogen functional groups attached to an aromatic ring is 1. The van der Waals surface area contributed by atoms with Crippen LogP contribution < -0.4 is 16.0 Å². The highest BCUT2D eigenvalue weighted by atomic mass is 35.5. The van der Waals surface area contributed by atoms with Gasteiger partial charge in [0.15, 0.2) is 0 Å². The normalized spacial score (nSPS) is 10.1. The average molecular weight is 411 g/mol. The van der Waals surface area contributed by atoms with Gasteiger partial charge in [-0.1, -0.05) is 47.5 Å². The number of nitrogens with one attached hydrogen (secondary N) is 1. The first kappa shape index (κ1) is 19.3. The summed E-state index contributed by atoms with van der Waals surface area (Å²) in [5, 5.41) is 19.8. The molecule has 0 spiro atoms. The molecule has 0 amide bonds. The highest BCUT2D eigenvalue weighted by molar-refractivity contribution is 6.35. The maximum atomic E-state index is 12.2. The molecule has 1 heterocycles. The van der Waals surface area contributed by atoms with Gasteiger partial charge in [-0.2, -0.15) is 10.5 Å². The molecule has 0 atom stereocenters. The average Bonchev–Trinajstić information content (AvgIpc) is 2.67. The molecule has 0 fully saturated rings. The molecule has 28 heavy (non-hydrogen) atoms. The molecule has 3 rings (SSSR count). The van der Waals surface area contributed by atoms with Gasteiger partial charge < -0.3 is 15.5 Å². The summed E-state index contributed by atoms with van der Waals surface area (Å²) in [6, 6.07) is 15.6. The van der Waals surface area contributed by atoms with Crippen molar-refractivity contribution >= 4 is 29.0 Å². The number of benzene rings is 2. The molecule has 0 aliphatic rings. The highest BCUT2D eigenvalue weighted by Crippen LogP contribution is 2.36. The van der Waals surface area contributed by atoms with E-state index in [1.54, 1.807) is 42.5 Å². The van der Waals surface area contributed by atoms with Crippen molar-refractivity contribution in [2.45, 2.75) is 6.61 Å². The number of aromatic nitrogens is 1. The zero-order valence-electron chi connectivity index (χ0n) is 14.3. The third-order valence-electron chi connectivity index (χ3n) is 4.06. The predicted molar refractivity (Wildman–Crippen MR) is 107 cm³/mol. The molecule has 3 aromatic rings. The number of pyridine rings is 1. The minimum absolute atomic E-state index is 0.0111. The highest BCUT2D eigenvalue weighted by Gasteiger charge is 2.21. The monoisotopic (exact) mass is 410 g/mol. The Bertz CT molecular complexity index is 1190. The summed E-state index contributed by atoms with van der Waals surface area (Å²) in [4.78, 5) is 14.5. The third-order valence-corrected chi connectivity index (χ3v) is 4.77. The van der Waals surface area contributed by atoms with Crippen molar-refractivity contribution in [3.05, 3.63) is 79.6 Å². The molecule has 8 heteroatoms. The fourth-order valence-electron chi connectivity index (χ4n) is 2.73. The number of nitrogens with zero attached hydrogens (tertiary/aromatic N) is 2. The van der Waals surface area contributed by atoms with Crippen LogP contribution in [0.1, 0.15) is 16.7 Å². The summed E-state index contributed by atoms with van der Waals surface area (Å²) in [7, 11) is 0. The van der Waals surface area contributed by atoms with Crippen molar-refractivity contribution in [3.63, 3.8) is 0 Å². The second-order valence-corrected chi connectivity index (χ2v) is 6.52. The van der Waals surface area contributed by atoms with Crippen LogP contribution in [0, 0.1) is 22.7 Å². The molecule has 0 bridgehead atoms. The summed E-state index contributed by atoms with van der Waals surface area (Å²) in [5.41, 5.74) is 5.96. The number of nitrogens with two attached hydrogens (primary N) is 1. The Morgan fingerprint density at radius 2 is 1.64 bits per heavy atom. The van der Waals surface area contributed by atoms with Crippen LogP contribution in [-0.2, 0) is 6.61 Å². The first-order valence-electron chi connectivity index (χ1n) is 7.99. The lowest BCUT2D eigenvalue weighted by Crippen LogP contribution is -2.16. The molecule has 1 aromatic heterocycles. The molecule has 6 nitrogen and oxygen atoms in total. The van der Waals surface area contributed by atoms with Crippen LogP contribution in [0.5, 0.6) is 5.75 Å². The number of hydrogen-bond donors (Lipinski definition) is 2. The van der Waals surface area contributed by atoms with Crippen LogP contribution in [0.25, 0.3) is 11.1 Å². The third kappa shape index (κ3) is 3.52. The van der Waals surface area contributed by atoms with Gasteiger partial charge in [-0.05, 0) is 18.2 Å². The summed E-state index contributed by atoms with van der Waals surface area (Å²) >= 11 is 12.4. The quantitative estimate of drug-likeness (QED) is 0.666. The van der Waals surface area contributed by atoms with Crippen molar-refractivity contribution in [1.29, 1.82) is 10.5 Å². The van der Waals surface area contributed by atoms with E-state index < -0.39 is 5.56 Å². The van der Waals surface area contributed by atoms with Crippen molar-refractivity contribution in [2.75, 3.05) is 5.73 Å². The maximum Gasteiger partial charge on any atom is 0.268 e. The summed E-state index contributed by atoms with van der Waals surface area (Å²) in [6.07, 6.45) is 0. The van der Waals surface area contributed by atoms with Gasteiger partial charge in [-0.3, -0.25) is 4.79 Å². The molecule has 3 N–H and O–H groups in total. The first-order valence-corrected chi connectivity index (χ1v) is 8.74. The van der Waals surface area contributed by atoms with E-state index in [-0.39, 0.29) is 29.1 Å². The Morgan fingerprint density at radius 3 is 2.29 bits per heavy atom. The SMILES string of the molecule is N#Cc1c(N)[nH]c(=O)c(C#N)c1-c1ccccc1OCc1c(Cl)cccc1Cl. The summed E-state index contributed by atoms with van der Waals surface area (Å²) in [5.74, 6) is 0.224. The fourth-order valence-corrected chi connectivity index (χ4v) is 3.24. The minimum atomic E-state index is -0.682.